The van der Waals surface area contributed by atoms with Gasteiger partial charge in [-0.05, 0) is 20.3 Å². The van der Waals surface area contributed by atoms with Gasteiger partial charge in [-0.15, -0.1) is 0 Å². The van der Waals surface area contributed by atoms with Crippen molar-refractivity contribution in [2.24, 2.45) is 4.99 Å². The van der Waals surface area contributed by atoms with Crippen molar-refractivity contribution >= 4 is 17.7 Å². The summed E-state index contributed by atoms with van der Waals surface area (Å²) >= 11 is 0. The number of nitrogens with zero attached hydrogens (tertiary/aromatic N) is 2. The van der Waals surface area contributed by atoms with Gasteiger partial charge in [0.05, 0.1) is 13.2 Å². The molecule has 0 aliphatic carbocycles. The molecule has 0 amide bonds. The van der Waals surface area contributed by atoms with Crippen LogP contribution >= 0.6 is 0 Å². The van der Waals surface area contributed by atoms with E-state index in [2.05, 4.69) is 15.2 Å². The number of rotatable bonds is 6. The SMILES string of the molecule is CCC/C(=N/c1n[nH]cc1C(=O)OCC)OCC. The molecule has 0 aromatic carbocycles. The molecule has 6 nitrogen and oxygen atoms in total. The van der Waals surface area contributed by atoms with Crippen LogP contribution in [0.15, 0.2) is 11.2 Å². The highest BCUT2D eigenvalue weighted by Crippen LogP contribution is 2.17. The fourth-order valence-electron chi connectivity index (χ4n) is 1.39. The highest BCUT2D eigenvalue weighted by atomic mass is 16.5. The molecule has 18 heavy (non-hydrogen) atoms. The second-order valence-electron chi connectivity index (χ2n) is 3.53. The Bertz CT molecular complexity index is 404. The second kappa shape index (κ2) is 7.47. The summed E-state index contributed by atoms with van der Waals surface area (Å²) in [6.07, 6.45) is 3.10. The topological polar surface area (TPSA) is 76.6 Å². The largest absolute Gasteiger partial charge is 0.481 e. The molecular weight excluding hydrogens is 234 g/mol. The average molecular weight is 253 g/mol. The molecule has 0 fully saturated rings. The maximum absolute atomic E-state index is 11.6. The van der Waals surface area contributed by atoms with E-state index in [4.69, 9.17) is 9.47 Å². The molecule has 0 bridgehead atoms. The van der Waals surface area contributed by atoms with Crippen LogP contribution in [0.4, 0.5) is 5.82 Å². The number of H-pyrrole nitrogens is 1. The van der Waals surface area contributed by atoms with Crippen LogP contribution in [0.2, 0.25) is 0 Å². The van der Waals surface area contributed by atoms with E-state index in [1.165, 1.54) is 6.20 Å². The average Bonchev–Trinajstić information content (AvgIpc) is 2.78. The Labute approximate surface area is 106 Å². The molecule has 0 aliphatic heterocycles. The molecule has 0 radical (unpaired) electrons. The number of aromatic amines is 1. The second-order valence-corrected chi connectivity index (χ2v) is 3.53. The zero-order valence-electron chi connectivity index (χ0n) is 11.0. The van der Waals surface area contributed by atoms with Crippen molar-refractivity contribution in [3.8, 4) is 0 Å². The van der Waals surface area contributed by atoms with Crippen LogP contribution in [0.1, 0.15) is 44.0 Å². The van der Waals surface area contributed by atoms with E-state index in [0.717, 1.165) is 6.42 Å². The standard InChI is InChI=1S/C12H19N3O3/c1-4-7-10(17-5-2)14-11-9(8-13-15-11)12(16)18-6-3/h8H,4-7H2,1-3H3,(H,13,15)/b14-10-. The molecule has 0 atom stereocenters. The monoisotopic (exact) mass is 253 g/mol. The zero-order chi connectivity index (χ0) is 13.4. The van der Waals surface area contributed by atoms with Gasteiger partial charge in [-0.3, -0.25) is 5.10 Å². The molecule has 0 saturated carbocycles. The molecule has 1 N–H and O–H groups in total. The minimum absolute atomic E-state index is 0.311. The highest BCUT2D eigenvalue weighted by Gasteiger charge is 2.15. The summed E-state index contributed by atoms with van der Waals surface area (Å²) in [4.78, 5) is 15.9. The molecule has 1 rings (SSSR count). The van der Waals surface area contributed by atoms with Crippen molar-refractivity contribution in [1.82, 2.24) is 10.2 Å². The molecule has 0 aliphatic rings. The van der Waals surface area contributed by atoms with Crippen LogP contribution in [0.3, 0.4) is 0 Å². The van der Waals surface area contributed by atoms with E-state index in [9.17, 15) is 4.79 Å². The quantitative estimate of drug-likeness (QED) is 0.480. The lowest BCUT2D eigenvalue weighted by molar-refractivity contribution is 0.0527. The van der Waals surface area contributed by atoms with E-state index in [-0.39, 0.29) is 0 Å². The predicted octanol–water partition coefficient (Wildman–Crippen LogP) is 2.45. The van der Waals surface area contributed by atoms with Gasteiger partial charge in [0.2, 0.25) is 0 Å². The summed E-state index contributed by atoms with van der Waals surface area (Å²) in [6.45, 7) is 6.54. The van der Waals surface area contributed by atoms with Crippen LogP contribution in [0.25, 0.3) is 0 Å². The summed E-state index contributed by atoms with van der Waals surface area (Å²) in [7, 11) is 0. The maximum Gasteiger partial charge on any atom is 0.343 e. The Morgan fingerprint density at radius 1 is 1.33 bits per heavy atom. The number of nitrogens with one attached hydrogen (secondary N) is 1. The van der Waals surface area contributed by atoms with Gasteiger partial charge in [0.1, 0.15) is 5.56 Å². The maximum atomic E-state index is 11.6. The van der Waals surface area contributed by atoms with Crippen LogP contribution in [-0.2, 0) is 9.47 Å². The van der Waals surface area contributed by atoms with Gasteiger partial charge in [-0.1, -0.05) is 6.92 Å². The summed E-state index contributed by atoms with van der Waals surface area (Å²) in [5.41, 5.74) is 0.324. The zero-order valence-corrected chi connectivity index (χ0v) is 11.0. The summed E-state index contributed by atoms with van der Waals surface area (Å²) in [5, 5.41) is 6.54. The number of ether oxygens (including phenoxy) is 2. The Morgan fingerprint density at radius 3 is 2.67 bits per heavy atom. The molecular formula is C12H19N3O3. The number of hydrogen-bond acceptors (Lipinski definition) is 5. The Kier molecular flexibility index (Phi) is 5.90. The number of carbonyl (C=O) groups excluding carboxylic acids is 1. The first-order valence-corrected chi connectivity index (χ1v) is 6.14. The van der Waals surface area contributed by atoms with Gasteiger partial charge in [0, 0.05) is 12.6 Å². The van der Waals surface area contributed by atoms with E-state index >= 15 is 0 Å². The molecule has 0 spiro atoms. The van der Waals surface area contributed by atoms with Crippen molar-refractivity contribution in [3.63, 3.8) is 0 Å². The fourth-order valence-corrected chi connectivity index (χ4v) is 1.39. The molecule has 1 heterocycles. The van der Waals surface area contributed by atoms with Gasteiger partial charge in [-0.2, -0.15) is 10.1 Å². The third-order valence-electron chi connectivity index (χ3n) is 2.12. The van der Waals surface area contributed by atoms with Crippen molar-refractivity contribution < 1.29 is 14.3 Å². The first kappa shape index (κ1) is 14.2. The highest BCUT2D eigenvalue weighted by molar-refractivity contribution is 5.95. The van der Waals surface area contributed by atoms with E-state index in [0.29, 0.717) is 36.9 Å². The summed E-state index contributed by atoms with van der Waals surface area (Å²) in [6, 6.07) is 0. The van der Waals surface area contributed by atoms with Crippen molar-refractivity contribution in [2.45, 2.75) is 33.6 Å². The minimum atomic E-state index is -0.433. The number of aromatic nitrogens is 2. The van der Waals surface area contributed by atoms with Gasteiger partial charge in [0.25, 0.3) is 0 Å². The first-order valence-electron chi connectivity index (χ1n) is 6.14. The molecule has 100 valence electrons. The van der Waals surface area contributed by atoms with Crippen molar-refractivity contribution in [3.05, 3.63) is 11.8 Å². The van der Waals surface area contributed by atoms with Gasteiger partial charge in [0.15, 0.2) is 11.7 Å². The van der Waals surface area contributed by atoms with Gasteiger partial charge in [-0.25, -0.2) is 4.79 Å². The first-order chi connectivity index (χ1) is 8.72. The lowest BCUT2D eigenvalue weighted by Crippen LogP contribution is -2.06. The smallest absolute Gasteiger partial charge is 0.343 e. The van der Waals surface area contributed by atoms with Crippen LogP contribution in [0, 0.1) is 0 Å². The lowest BCUT2D eigenvalue weighted by Gasteiger charge is -2.05. The van der Waals surface area contributed by atoms with Crippen LogP contribution in [0.5, 0.6) is 0 Å². The van der Waals surface area contributed by atoms with Crippen molar-refractivity contribution in [1.29, 1.82) is 0 Å². The third-order valence-corrected chi connectivity index (χ3v) is 2.12. The Balaban J connectivity index is 2.91. The lowest BCUT2D eigenvalue weighted by atomic mass is 10.3. The predicted molar refractivity (Wildman–Crippen MR) is 68.2 cm³/mol. The fraction of sp³-hybridized carbons (Fsp3) is 0.583. The van der Waals surface area contributed by atoms with E-state index < -0.39 is 5.97 Å². The molecule has 1 aromatic heterocycles. The normalized spacial score (nSPS) is 11.4. The number of hydrogen-bond donors (Lipinski definition) is 1. The summed E-state index contributed by atoms with van der Waals surface area (Å²) in [5.74, 6) is 0.459. The van der Waals surface area contributed by atoms with E-state index in [1.807, 2.05) is 13.8 Å². The molecule has 1 aromatic rings. The van der Waals surface area contributed by atoms with Crippen molar-refractivity contribution in [2.75, 3.05) is 13.2 Å². The van der Waals surface area contributed by atoms with Crippen LogP contribution in [-0.4, -0.2) is 35.3 Å². The molecule has 0 saturated heterocycles. The molecule has 0 unspecified atom stereocenters. The number of carbonyl (C=O) groups is 1. The summed E-state index contributed by atoms with van der Waals surface area (Å²) < 4.78 is 10.3. The van der Waals surface area contributed by atoms with E-state index in [1.54, 1.807) is 6.92 Å². The number of aliphatic imine (C=N–C) groups is 1. The van der Waals surface area contributed by atoms with Gasteiger partial charge < -0.3 is 9.47 Å². The third kappa shape index (κ3) is 3.87. The number of esters is 1. The van der Waals surface area contributed by atoms with Crippen LogP contribution < -0.4 is 0 Å². The molecule has 6 heteroatoms. The minimum Gasteiger partial charge on any atom is -0.481 e. The Hall–Kier alpha value is -1.85. The Morgan fingerprint density at radius 2 is 2.06 bits per heavy atom. The van der Waals surface area contributed by atoms with Gasteiger partial charge >= 0.3 is 5.97 Å².